The Morgan fingerprint density at radius 1 is 1.38 bits per heavy atom. The first-order valence-electron chi connectivity index (χ1n) is 5.11. The van der Waals surface area contributed by atoms with Gasteiger partial charge in [0.25, 0.3) is 0 Å². The molecule has 1 saturated heterocycles. The van der Waals surface area contributed by atoms with Crippen LogP contribution in [0.5, 0.6) is 0 Å². The first-order chi connectivity index (χ1) is 7.20. The molecule has 2 nitrogen and oxygen atoms in total. The average Bonchev–Trinajstić information content (AvgIpc) is 2.23. The van der Waals surface area contributed by atoms with Gasteiger partial charge in [-0.1, -0.05) is 29.3 Å². The van der Waals surface area contributed by atoms with E-state index in [1.54, 1.807) is 0 Å². The maximum absolute atomic E-state index is 6.20. The molecule has 0 saturated carbocycles. The van der Waals surface area contributed by atoms with Gasteiger partial charge >= 0.3 is 0 Å². The standard InChI is InChI=1S/C11H14Cl2N2.ClH/c1-8-7-14-5-6-15(8)10-4-2-3-9(12)11(10)13;/h2-4,8,14H,5-7H2,1H3;1H. The summed E-state index contributed by atoms with van der Waals surface area (Å²) in [5.74, 6) is 0. The van der Waals surface area contributed by atoms with Crippen molar-refractivity contribution in [2.24, 2.45) is 0 Å². The predicted molar refractivity (Wildman–Crippen MR) is 73.4 cm³/mol. The van der Waals surface area contributed by atoms with Crippen LogP contribution in [0, 0.1) is 0 Å². The molecular formula is C11H15Cl3N2. The van der Waals surface area contributed by atoms with Gasteiger partial charge in [-0.25, -0.2) is 0 Å². The smallest absolute Gasteiger partial charge is 0.0825 e. The molecule has 90 valence electrons. The average molecular weight is 282 g/mol. The molecule has 1 heterocycles. The zero-order chi connectivity index (χ0) is 10.8. The van der Waals surface area contributed by atoms with Crippen molar-refractivity contribution in [2.75, 3.05) is 24.5 Å². The molecule has 0 amide bonds. The van der Waals surface area contributed by atoms with Crippen LogP contribution < -0.4 is 10.2 Å². The fourth-order valence-corrected chi connectivity index (χ4v) is 2.32. The van der Waals surface area contributed by atoms with E-state index in [2.05, 4.69) is 17.1 Å². The van der Waals surface area contributed by atoms with Gasteiger partial charge < -0.3 is 10.2 Å². The summed E-state index contributed by atoms with van der Waals surface area (Å²) in [6.45, 7) is 5.14. The fraction of sp³-hybridized carbons (Fsp3) is 0.455. The summed E-state index contributed by atoms with van der Waals surface area (Å²) in [7, 11) is 0. The molecule has 0 aliphatic carbocycles. The van der Waals surface area contributed by atoms with Crippen molar-refractivity contribution in [1.29, 1.82) is 0 Å². The zero-order valence-electron chi connectivity index (χ0n) is 9.04. The lowest BCUT2D eigenvalue weighted by Crippen LogP contribution is -2.50. The Bertz CT molecular complexity index is 357. The van der Waals surface area contributed by atoms with E-state index in [1.807, 2.05) is 18.2 Å². The molecule has 16 heavy (non-hydrogen) atoms. The molecule has 1 aromatic rings. The summed E-state index contributed by atoms with van der Waals surface area (Å²) in [6, 6.07) is 6.24. The summed E-state index contributed by atoms with van der Waals surface area (Å²) >= 11 is 12.2. The summed E-state index contributed by atoms with van der Waals surface area (Å²) in [6.07, 6.45) is 0. The molecule has 1 N–H and O–H groups in total. The van der Waals surface area contributed by atoms with Crippen LogP contribution >= 0.6 is 35.6 Å². The van der Waals surface area contributed by atoms with Gasteiger partial charge in [-0.05, 0) is 19.1 Å². The molecule has 0 radical (unpaired) electrons. The van der Waals surface area contributed by atoms with E-state index in [-0.39, 0.29) is 12.4 Å². The first-order valence-corrected chi connectivity index (χ1v) is 5.87. The minimum atomic E-state index is 0. The molecule has 1 atom stereocenters. The minimum Gasteiger partial charge on any atom is -0.365 e. The second-order valence-corrected chi connectivity index (χ2v) is 4.60. The molecule has 2 rings (SSSR count). The molecule has 1 fully saturated rings. The Kier molecular flexibility index (Phi) is 5.19. The first kappa shape index (κ1) is 13.9. The number of hydrogen-bond acceptors (Lipinski definition) is 2. The number of rotatable bonds is 1. The van der Waals surface area contributed by atoms with Crippen LogP contribution in [0.2, 0.25) is 10.0 Å². The number of nitrogens with zero attached hydrogens (tertiary/aromatic N) is 1. The highest BCUT2D eigenvalue weighted by atomic mass is 35.5. The lowest BCUT2D eigenvalue weighted by molar-refractivity contribution is 0.501. The van der Waals surface area contributed by atoms with E-state index in [0.717, 1.165) is 25.3 Å². The van der Waals surface area contributed by atoms with Gasteiger partial charge in [0.2, 0.25) is 0 Å². The molecule has 1 aliphatic rings. The van der Waals surface area contributed by atoms with Crippen LogP contribution in [0.15, 0.2) is 18.2 Å². The van der Waals surface area contributed by atoms with Crippen molar-refractivity contribution < 1.29 is 0 Å². The van der Waals surface area contributed by atoms with Crippen LogP contribution in [0.4, 0.5) is 5.69 Å². The molecule has 1 unspecified atom stereocenters. The van der Waals surface area contributed by atoms with E-state index in [9.17, 15) is 0 Å². The predicted octanol–water partition coefficient (Wildman–Crippen LogP) is 3.21. The topological polar surface area (TPSA) is 15.3 Å². The van der Waals surface area contributed by atoms with Crippen LogP contribution in [0.3, 0.4) is 0 Å². The molecular weight excluding hydrogens is 266 g/mol. The van der Waals surface area contributed by atoms with Crippen molar-refractivity contribution in [1.82, 2.24) is 5.32 Å². The number of hydrogen-bond donors (Lipinski definition) is 1. The van der Waals surface area contributed by atoms with Gasteiger partial charge in [0.05, 0.1) is 15.7 Å². The maximum Gasteiger partial charge on any atom is 0.0825 e. The van der Waals surface area contributed by atoms with Crippen LogP contribution in [-0.4, -0.2) is 25.7 Å². The Balaban J connectivity index is 0.00000128. The molecule has 0 spiro atoms. The highest BCUT2D eigenvalue weighted by Gasteiger charge is 2.20. The second kappa shape index (κ2) is 5.97. The van der Waals surface area contributed by atoms with Gasteiger partial charge in [0.15, 0.2) is 0 Å². The minimum absolute atomic E-state index is 0. The number of benzene rings is 1. The Morgan fingerprint density at radius 3 is 2.81 bits per heavy atom. The van der Waals surface area contributed by atoms with E-state index >= 15 is 0 Å². The highest BCUT2D eigenvalue weighted by Crippen LogP contribution is 2.33. The van der Waals surface area contributed by atoms with Gasteiger partial charge in [0.1, 0.15) is 0 Å². The van der Waals surface area contributed by atoms with Crippen LogP contribution in [-0.2, 0) is 0 Å². The molecule has 1 aromatic carbocycles. The SMILES string of the molecule is CC1CNCCN1c1cccc(Cl)c1Cl.Cl. The third kappa shape index (κ3) is 2.75. The van der Waals surface area contributed by atoms with E-state index in [0.29, 0.717) is 16.1 Å². The number of nitrogens with one attached hydrogen (secondary N) is 1. The fourth-order valence-electron chi connectivity index (χ4n) is 1.91. The van der Waals surface area contributed by atoms with Crippen LogP contribution in [0.25, 0.3) is 0 Å². The third-order valence-corrected chi connectivity index (χ3v) is 3.55. The number of piperazine rings is 1. The molecule has 0 aromatic heterocycles. The van der Waals surface area contributed by atoms with Crippen molar-refractivity contribution in [3.05, 3.63) is 28.2 Å². The number of halogens is 3. The Hall–Kier alpha value is -0.150. The Morgan fingerprint density at radius 2 is 2.12 bits per heavy atom. The second-order valence-electron chi connectivity index (χ2n) is 3.82. The van der Waals surface area contributed by atoms with Crippen molar-refractivity contribution in [3.8, 4) is 0 Å². The number of anilines is 1. The van der Waals surface area contributed by atoms with Gasteiger partial charge in [-0.15, -0.1) is 12.4 Å². The quantitative estimate of drug-likeness (QED) is 0.850. The molecule has 0 bridgehead atoms. The van der Waals surface area contributed by atoms with Crippen molar-refractivity contribution in [3.63, 3.8) is 0 Å². The molecule has 5 heteroatoms. The van der Waals surface area contributed by atoms with Gasteiger partial charge in [-0.2, -0.15) is 0 Å². The largest absolute Gasteiger partial charge is 0.365 e. The van der Waals surface area contributed by atoms with Crippen molar-refractivity contribution >= 4 is 41.3 Å². The van der Waals surface area contributed by atoms with E-state index in [1.165, 1.54) is 0 Å². The zero-order valence-corrected chi connectivity index (χ0v) is 11.4. The lowest BCUT2D eigenvalue weighted by atomic mass is 10.2. The van der Waals surface area contributed by atoms with E-state index < -0.39 is 0 Å². The van der Waals surface area contributed by atoms with Crippen molar-refractivity contribution in [2.45, 2.75) is 13.0 Å². The Labute approximate surface area is 112 Å². The maximum atomic E-state index is 6.20. The summed E-state index contributed by atoms with van der Waals surface area (Å²) in [4.78, 5) is 2.30. The van der Waals surface area contributed by atoms with Crippen LogP contribution in [0.1, 0.15) is 6.92 Å². The molecule has 1 aliphatic heterocycles. The summed E-state index contributed by atoms with van der Waals surface area (Å²) < 4.78 is 0. The monoisotopic (exact) mass is 280 g/mol. The van der Waals surface area contributed by atoms with Gasteiger partial charge in [-0.3, -0.25) is 0 Å². The van der Waals surface area contributed by atoms with Gasteiger partial charge in [0, 0.05) is 25.7 Å². The third-order valence-electron chi connectivity index (χ3n) is 2.74. The highest BCUT2D eigenvalue weighted by molar-refractivity contribution is 6.43. The summed E-state index contributed by atoms with van der Waals surface area (Å²) in [5, 5.41) is 4.64. The normalized spacial score (nSPS) is 20.4. The summed E-state index contributed by atoms with van der Waals surface area (Å²) in [5.41, 5.74) is 1.04. The van der Waals surface area contributed by atoms with E-state index in [4.69, 9.17) is 23.2 Å². The lowest BCUT2D eigenvalue weighted by Gasteiger charge is -2.36.